The highest BCUT2D eigenvalue weighted by atomic mass is 16.3. The smallest absolute Gasteiger partial charge is 0.118 e. The van der Waals surface area contributed by atoms with Crippen LogP contribution in [0, 0.1) is 6.92 Å². The van der Waals surface area contributed by atoms with Crippen molar-refractivity contribution in [2.45, 2.75) is 26.3 Å². The second kappa shape index (κ2) is 2.79. The van der Waals surface area contributed by atoms with Gasteiger partial charge in [-0.25, -0.2) is 0 Å². The van der Waals surface area contributed by atoms with Crippen LogP contribution < -0.4 is 5.73 Å². The molecule has 0 spiro atoms. The Morgan fingerprint density at radius 3 is 2.33 bits per heavy atom. The van der Waals surface area contributed by atoms with E-state index in [1.54, 1.807) is 6.07 Å². The molecule has 1 aromatic rings. The quantitative estimate of drug-likeness (QED) is 0.667. The van der Waals surface area contributed by atoms with Crippen molar-refractivity contribution in [3.63, 3.8) is 0 Å². The molecule has 0 aromatic heterocycles. The Morgan fingerprint density at radius 1 is 1.33 bits per heavy atom. The summed E-state index contributed by atoms with van der Waals surface area (Å²) in [6.07, 6.45) is 0. The molecule has 0 aliphatic rings. The first-order valence-corrected chi connectivity index (χ1v) is 4.00. The van der Waals surface area contributed by atoms with Crippen molar-refractivity contribution in [3.05, 3.63) is 29.3 Å². The molecule has 2 nitrogen and oxygen atoms in total. The summed E-state index contributed by atoms with van der Waals surface area (Å²) in [6.45, 7) is 5.69. The highest BCUT2D eigenvalue weighted by Crippen LogP contribution is 2.23. The Labute approximate surface area is 73.0 Å². The van der Waals surface area contributed by atoms with Crippen molar-refractivity contribution < 1.29 is 5.11 Å². The molecule has 0 atom stereocenters. The minimum Gasteiger partial charge on any atom is -0.508 e. The number of phenols is 1. The van der Waals surface area contributed by atoms with Crippen LogP contribution in [0.25, 0.3) is 0 Å². The molecule has 3 N–H and O–H groups in total. The molecular weight excluding hydrogens is 150 g/mol. The van der Waals surface area contributed by atoms with Crippen LogP contribution in [0.5, 0.6) is 5.75 Å². The van der Waals surface area contributed by atoms with Gasteiger partial charge in [-0.05, 0) is 38.0 Å². The maximum atomic E-state index is 9.41. The van der Waals surface area contributed by atoms with Crippen molar-refractivity contribution in [2.75, 3.05) is 0 Å². The number of nitrogens with two attached hydrogens (primary N) is 1. The molecular formula is C10H15NO. The zero-order valence-corrected chi connectivity index (χ0v) is 7.76. The lowest BCUT2D eigenvalue weighted by molar-refractivity contribution is 0.465. The number of rotatable bonds is 1. The summed E-state index contributed by atoms with van der Waals surface area (Å²) in [5.74, 6) is 0.311. The van der Waals surface area contributed by atoms with Crippen LogP contribution in [-0.4, -0.2) is 5.11 Å². The fourth-order valence-corrected chi connectivity index (χ4v) is 1.01. The summed E-state index contributed by atoms with van der Waals surface area (Å²) < 4.78 is 0. The molecule has 0 aliphatic heterocycles. The Kier molecular flexibility index (Phi) is 2.11. The highest BCUT2D eigenvalue weighted by Gasteiger charge is 2.14. The Morgan fingerprint density at radius 2 is 1.92 bits per heavy atom. The van der Waals surface area contributed by atoms with E-state index in [2.05, 4.69) is 0 Å². The van der Waals surface area contributed by atoms with Gasteiger partial charge in [-0.2, -0.15) is 0 Å². The molecule has 0 saturated carbocycles. The minimum atomic E-state index is -0.384. The third kappa shape index (κ3) is 1.77. The van der Waals surface area contributed by atoms with E-state index >= 15 is 0 Å². The lowest BCUT2D eigenvalue weighted by Gasteiger charge is -2.19. The van der Waals surface area contributed by atoms with Gasteiger partial charge >= 0.3 is 0 Å². The van der Waals surface area contributed by atoms with Crippen LogP contribution in [0.3, 0.4) is 0 Å². The SMILES string of the molecule is Cc1ccc(C(C)(C)N)cc1O. The molecule has 2 heteroatoms. The molecule has 0 bridgehead atoms. The van der Waals surface area contributed by atoms with Crippen molar-refractivity contribution >= 4 is 0 Å². The van der Waals surface area contributed by atoms with Crippen molar-refractivity contribution in [1.29, 1.82) is 0 Å². The zero-order valence-electron chi connectivity index (χ0n) is 7.76. The van der Waals surface area contributed by atoms with Gasteiger partial charge in [0, 0.05) is 5.54 Å². The number of benzene rings is 1. The van der Waals surface area contributed by atoms with E-state index in [0.717, 1.165) is 11.1 Å². The van der Waals surface area contributed by atoms with E-state index in [0.29, 0.717) is 5.75 Å². The molecule has 1 aromatic carbocycles. The topological polar surface area (TPSA) is 46.2 Å². The fourth-order valence-electron chi connectivity index (χ4n) is 1.01. The molecule has 0 aliphatic carbocycles. The van der Waals surface area contributed by atoms with Gasteiger partial charge in [0.1, 0.15) is 5.75 Å². The molecule has 0 radical (unpaired) electrons. The molecule has 0 unspecified atom stereocenters. The molecule has 0 fully saturated rings. The summed E-state index contributed by atoms with van der Waals surface area (Å²) in [7, 11) is 0. The number of phenolic OH excluding ortho intramolecular Hbond substituents is 1. The first-order chi connectivity index (χ1) is 5.41. The fraction of sp³-hybridized carbons (Fsp3) is 0.400. The molecule has 0 heterocycles. The third-order valence-corrected chi connectivity index (χ3v) is 1.95. The van der Waals surface area contributed by atoms with Crippen molar-refractivity contribution in [1.82, 2.24) is 0 Å². The summed E-state index contributed by atoms with van der Waals surface area (Å²) >= 11 is 0. The number of hydrogen-bond acceptors (Lipinski definition) is 2. The van der Waals surface area contributed by atoms with E-state index in [1.807, 2.05) is 32.9 Å². The van der Waals surface area contributed by atoms with Crippen LogP contribution in [-0.2, 0) is 5.54 Å². The lowest BCUT2D eigenvalue weighted by atomic mass is 9.94. The molecule has 12 heavy (non-hydrogen) atoms. The van der Waals surface area contributed by atoms with Gasteiger partial charge in [-0.3, -0.25) is 0 Å². The van der Waals surface area contributed by atoms with Gasteiger partial charge in [0.15, 0.2) is 0 Å². The van der Waals surface area contributed by atoms with Gasteiger partial charge in [-0.15, -0.1) is 0 Å². The molecule has 0 amide bonds. The van der Waals surface area contributed by atoms with Crippen LogP contribution in [0.15, 0.2) is 18.2 Å². The van der Waals surface area contributed by atoms with Crippen LogP contribution in [0.4, 0.5) is 0 Å². The summed E-state index contributed by atoms with van der Waals surface area (Å²) in [5, 5.41) is 9.41. The van der Waals surface area contributed by atoms with E-state index in [1.165, 1.54) is 0 Å². The minimum absolute atomic E-state index is 0.311. The second-order valence-corrected chi connectivity index (χ2v) is 3.72. The summed E-state index contributed by atoms with van der Waals surface area (Å²) in [4.78, 5) is 0. The van der Waals surface area contributed by atoms with Gasteiger partial charge in [-0.1, -0.05) is 12.1 Å². The maximum absolute atomic E-state index is 9.41. The van der Waals surface area contributed by atoms with Gasteiger partial charge < -0.3 is 10.8 Å². The standard InChI is InChI=1S/C10H15NO/c1-7-4-5-8(6-9(7)12)10(2,3)11/h4-6,12H,11H2,1-3H3. The van der Waals surface area contributed by atoms with Crippen LogP contribution in [0.1, 0.15) is 25.0 Å². The van der Waals surface area contributed by atoms with Crippen molar-refractivity contribution in [2.24, 2.45) is 5.73 Å². The maximum Gasteiger partial charge on any atom is 0.118 e. The normalized spacial score (nSPS) is 11.7. The van der Waals surface area contributed by atoms with Crippen molar-refractivity contribution in [3.8, 4) is 5.75 Å². The average Bonchev–Trinajstić information content (AvgIpc) is 1.92. The molecule has 1 rings (SSSR count). The predicted octanol–water partition coefficient (Wildman–Crippen LogP) is 1.89. The average molecular weight is 165 g/mol. The Hall–Kier alpha value is -1.02. The van der Waals surface area contributed by atoms with Gasteiger partial charge in [0.05, 0.1) is 0 Å². The van der Waals surface area contributed by atoms with Gasteiger partial charge in [0.2, 0.25) is 0 Å². The Balaban J connectivity index is 3.14. The van der Waals surface area contributed by atoms with Gasteiger partial charge in [0.25, 0.3) is 0 Å². The third-order valence-electron chi connectivity index (χ3n) is 1.95. The number of aryl methyl sites for hydroxylation is 1. The zero-order chi connectivity index (χ0) is 9.35. The lowest BCUT2D eigenvalue weighted by Crippen LogP contribution is -2.28. The summed E-state index contributed by atoms with van der Waals surface area (Å²) in [6, 6.07) is 5.53. The van der Waals surface area contributed by atoms with Crippen LogP contribution in [0.2, 0.25) is 0 Å². The summed E-state index contributed by atoms with van der Waals surface area (Å²) in [5.41, 5.74) is 7.31. The monoisotopic (exact) mass is 165 g/mol. The van der Waals surface area contributed by atoms with Crippen LogP contribution >= 0.6 is 0 Å². The predicted molar refractivity (Wildman–Crippen MR) is 50.1 cm³/mol. The van der Waals surface area contributed by atoms with E-state index in [4.69, 9.17) is 5.73 Å². The highest BCUT2D eigenvalue weighted by molar-refractivity contribution is 5.37. The first-order valence-electron chi connectivity index (χ1n) is 4.00. The number of aromatic hydroxyl groups is 1. The first kappa shape index (κ1) is 9.07. The Bertz CT molecular complexity index is 286. The number of hydrogen-bond donors (Lipinski definition) is 2. The second-order valence-electron chi connectivity index (χ2n) is 3.72. The van der Waals surface area contributed by atoms with E-state index in [9.17, 15) is 5.11 Å². The molecule has 66 valence electrons. The van der Waals surface area contributed by atoms with E-state index in [-0.39, 0.29) is 5.54 Å². The molecule has 0 saturated heterocycles. The van der Waals surface area contributed by atoms with E-state index < -0.39 is 0 Å². The largest absolute Gasteiger partial charge is 0.508 e.